The van der Waals surface area contributed by atoms with Crippen molar-refractivity contribution in [2.45, 2.75) is 6.61 Å². The van der Waals surface area contributed by atoms with Crippen LogP contribution in [0.2, 0.25) is 0 Å². The third-order valence-corrected chi connectivity index (χ3v) is 4.66. The lowest BCUT2D eigenvalue weighted by molar-refractivity contribution is 0.0992. The molecule has 1 heterocycles. The van der Waals surface area contributed by atoms with E-state index in [1.807, 2.05) is 29.6 Å². The number of hydrogen-bond donors (Lipinski definition) is 0. The quantitative estimate of drug-likeness (QED) is 0.616. The maximum Gasteiger partial charge on any atom is 0.258 e. The number of hydrogen-bond acceptors (Lipinski definition) is 6. The maximum atomic E-state index is 12.9. The molecule has 0 unspecified atom stereocenters. The highest BCUT2D eigenvalue weighted by molar-refractivity contribution is 7.07. The lowest BCUT2D eigenvalue weighted by Crippen LogP contribution is -2.26. The second-order valence-electron chi connectivity index (χ2n) is 5.67. The van der Waals surface area contributed by atoms with Crippen LogP contribution >= 0.6 is 11.3 Å². The average Bonchev–Trinajstić information content (AvgIpc) is 3.24. The molecule has 6 nitrogen and oxygen atoms in total. The summed E-state index contributed by atoms with van der Waals surface area (Å²) in [6.07, 6.45) is 0. The Kier molecular flexibility index (Phi) is 5.93. The van der Waals surface area contributed by atoms with Gasteiger partial charge in [0.1, 0.15) is 12.4 Å². The van der Waals surface area contributed by atoms with E-state index >= 15 is 0 Å². The second kappa shape index (κ2) is 8.55. The van der Waals surface area contributed by atoms with Gasteiger partial charge in [-0.05, 0) is 30.3 Å². The molecular weight excluding hydrogens is 364 g/mol. The predicted molar refractivity (Wildman–Crippen MR) is 105 cm³/mol. The molecule has 3 aromatic rings. The van der Waals surface area contributed by atoms with Gasteiger partial charge in [-0.15, -0.1) is 11.3 Å². The first-order valence-electron chi connectivity index (χ1n) is 8.23. The van der Waals surface area contributed by atoms with Crippen molar-refractivity contribution in [1.82, 2.24) is 4.98 Å². The van der Waals surface area contributed by atoms with Gasteiger partial charge in [0.15, 0.2) is 11.5 Å². The van der Waals surface area contributed by atoms with Crippen LogP contribution in [-0.4, -0.2) is 32.2 Å². The number of anilines is 1. The first-order valence-corrected chi connectivity index (χ1v) is 9.17. The largest absolute Gasteiger partial charge is 0.495 e. The summed E-state index contributed by atoms with van der Waals surface area (Å²) >= 11 is 1.51. The van der Waals surface area contributed by atoms with Gasteiger partial charge in [0.2, 0.25) is 0 Å². The second-order valence-corrected chi connectivity index (χ2v) is 6.39. The van der Waals surface area contributed by atoms with Gasteiger partial charge in [-0.25, -0.2) is 4.98 Å². The fourth-order valence-corrected chi connectivity index (χ4v) is 3.13. The fraction of sp³-hybridized carbons (Fsp3) is 0.200. The van der Waals surface area contributed by atoms with E-state index in [2.05, 4.69) is 4.98 Å². The van der Waals surface area contributed by atoms with Crippen molar-refractivity contribution in [2.75, 3.05) is 26.2 Å². The number of para-hydroxylation sites is 2. The standard InChI is InChI=1S/C20H20N2O4S/c1-22(16-6-4-5-7-17(16)24-2)20(23)14-8-9-18(19(10-14)25-3)26-11-15-12-27-13-21-15/h4-10,12-13H,11H2,1-3H3. The minimum Gasteiger partial charge on any atom is -0.495 e. The number of amides is 1. The van der Waals surface area contributed by atoms with Crippen molar-refractivity contribution in [1.29, 1.82) is 0 Å². The molecule has 0 aliphatic carbocycles. The van der Waals surface area contributed by atoms with Gasteiger partial charge in [0, 0.05) is 18.0 Å². The molecule has 0 atom stereocenters. The smallest absolute Gasteiger partial charge is 0.258 e. The van der Waals surface area contributed by atoms with Crippen LogP contribution in [0.1, 0.15) is 16.1 Å². The summed E-state index contributed by atoms with van der Waals surface area (Å²) < 4.78 is 16.5. The first kappa shape index (κ1) is 18.7. The van der Waals surface area contributed by atoms with E-state index < -0.39 is 0 Å². The predicted octanol–water partition coefficient (Wildman–Crippen LogP) is 4.02. The van der Waals surface area contributed by atoms with Crippen molar-refractivity contribution >= 4 is 22.9 Å². The molecule has 27 heavy (non-hydrogen) atoms. The van der Waals surface area contributed by atoms with Gasteiger partial charge in [-0.2, -0.15) is 0 Å². The van der Waals surface area contributed by atoms with Crippen molar-refractivity contribution in [3.8, 4) is 17.2 Å². The molecule has 0 spiro atoms. The summed E-state index contributed by atoms with van der Waals surface area (Å²) in [6.45, 7) is 0.342. The molecule has 0 bridgehead atoms. The van der Waals surface area contributed by atoms with Gasteiger partial charge < -0.3 is 19.1 Å². The summed E-state index contributed by atoms with van der Waals surface area (Å²) in [5, 5.41) is 1.92. The number of nitrogens with zero attached hydrogens (tertiary/aromatic N) is 2. The van der Waals surface area contributed by atoms with Gasteiger partial charge in [0.05, 0.1) is 31.1 Å². The Labute approximate surface area is 161 Å². The van der Waals surface area contributed by atoms with Crippen LogP contribution in [0.3, 0.4) is 0 Å². The first-order chi connectivity index (χ1) is 13.1. The highest BCUT2D eigenvalue weighted by Crippen LogP contribution is 2.31. The van der Waals surface area contributed by atoms with Gasteiger partial charge in [-0.1, -0.05) is 12.1 Å². The number of thiazole rings is 1. The zero-order valence-electron chi connectivity index (χ0n) is 15.3. The molecule has 0 aliphatic rings. The molecule has 7 heteroatoms. The van der Waals surface area contributed by atoms with Gasteiger partial charge in [0.25, 0.3) is 5.91 Å². The molecule has 0 fully saturated rings. The Morgan fingerprint density at radius 2 is 1.85 bits per heavy atom. The zero-order chi connectivity index (χ0) is 19.2. The van der Waals surface area contributed by atoms with Crippen LogP contribution in [0, 0.1) is 0 Å². The van der Waals surface area contributed by atoms with Crippen molar-refractivity contribution in [3.05, 3.63) is 64.6 Å². The lowest BCUT2D eigenvalue weighted by atomic mass is 10.1. The maximum absolute atomic E-state index is 12.9. The number of ether oxygens (including phenoxy) is 3. The van der Waals surface area contributed by atoms with Crippen LogP contribution in [-0.2, 0) is 6.61 Å². The Bertz CT molecular complexity index is 912. The molecule has 3 rings (SSSR count). The van der Waals surface area contributed by atoms with Crippen molar-refractivity contribution in [3.63, 3.8) is 0 Å². The van der Waals surface area contributed by atoms with Crippen LogP contribution in [0.5, 0.6) is 17.2 Å². The summed E-state index contributed by atoms with van der Waals surface area (Å²) in [6, 6.07) is 12.5. The number of methoxy groups -OCH3 is 2. The Morgan fingerprint density at radius 3 is 2.56 bits per heavy atom. The molecule has 0 saturated heterocycles. The zero-order valence-corrected chi connectivity index (χ0v) is 16.2. The third-order valence-electron chi connectivity index (χ3n) is 4.02. The molecule has 1 amide bonds. The van der Waals surface area contributed by atoms with Crippen molar-refractivity contribution in [2.24, 2.45) is 0 Å². The van der Waals surface area contributed by atoms with E-state index in [1.165, 1.54) is 11.3 Å². The molecule has 140 valence electrons. The summed E-state index contributed by atoms with van der Waals surface area (Å²) in [5.41, 5.74) is 3.78. The summed E-state index contributed by atoms with van der Waals surface area (Å²) in [7, 11) is 4.83. The van der Waals surface area contributed by atoms with Gasteiger partial charge >= 0.3 is 0 Å². The number of benzene rings is 2. The van der Waals surface area contributed by atoms with E-state index in [0.717, 1.165) is 5.69 Å². The minimum atomic E-state index is -0.177. The number of rotatable bonds is 7. The van der Waals surface area contributed by atoms with Crippen LogP contribution in [0.4, 0.5) is 5.69 Å². The Morgan fingerprint density at radius 1 is 1.07 bits per heavy atom. The molecule has 0 saturated carbocycles. The highest BCUT2D eigenvalue weighted by Gasteiger charge is 2.18. The van der Waals surface area contributed by atoms with E-state index in [4.69, 9.17) is 14.2 Å². The number of carbonyl (C=O) groups is 1. The topological polar surface area (TPSA) is 60.9 Å². The third kappa shape index (κ3) is 4.20. The summed E-state index contributed by atoms with van der Waals surface area (Å²) in [5.74, 6) is 1.50. The van der Waals surface area contributed by atoms with Crippen LogP contribution in [0.25, 0.3) is 0 Å². The average molecular weight is 384 g/mol. The van der Waals surface area contributed by atoms with Gasteiger partial charge in [-0.3, -0.25) is 4.79 Å². The normalized spacial score (nSPS) is 10.3. The number of carbonyl (C=O) groups excluding carboxylic acids is 1. The van der Waals surface area contributed by atoms with Crippen molar-refractivity contribution < 1.29 is 19.0 Å². The number of aromatic nitrogens is 1. The molecule has 2 aromatic carbocycles. The molecule has 1 aromatic heterocycles. The molecule has 0 N–H and O–H groups in total. The molecular formula is C20H20N2O4S. The Balaban J connectivity index is 1.80. The molecule has 0 radical (unpaired) electrons. The van der Waals surface area contributed by atoms with E-state index in [1.54, 1.807) is 49.9 Å². The highest BCUT2D eigenvalue weighted by atomic mass is 32.1. The summed E-state index contributed by atoms with van der Waals surface area (Å²) in [4.78, 5) is 18.6. The van der Waals surface area contributed by atoms with E-state index in [9.17, 15) is 4.79 Å². The fourth-order valence-electron chi connectivity index (χ4n) is 2.59. The monoisotopic (exact) mass is 384 g/mol. The van der Waals surface area contributed by atoms with Crippen LogP contribution in [0.15, 0.2) is 53.4 Å². The Hall–Kier alpha value is -3.06. The SMILES string of the molecule is COc1cc(C(=O)N(C)c2ccccc2OC)ccc1OCc1cscn1. The van der Waals surface area contributed by atoms with Crippen LogP contribution < -0.4 is 19.1 Å². The molecule has 0 aliphatic heterocycles. The lowest BCUT2D eigenvalue weighted by Gasteiger charge is -2.20. The van der Waals surface area contributed by atoms with E-state index in [-0.39, 0.29) is 5.91 Å². The minimum absolute atomic E-state index is 0.177. The van der Waals surface area contributed by atoms with E-state index in [0.29, 0.717) is 35.1 Å².